The number of rotatable bonds is 18. The summed E-state index contributed by atoms with van der Waals surface area (Å²) >= 11 is 0. The number of fused-ring (bicyclic) bond motifs is 4. The van der Waals surface area contributed by atoms with Gasteiger partial charge in [0.05, 0.1) is 0 Å². The molecule has 0 atom stereocenters. The Morgan fingerprint density at radius 3 is 0.825 bits per heavy atom. The molecule has 0 spiro atoms. The molecule has 0 fully saturated rings. The van der Waals surface area contributed by atoms with Crippen molar-refractivity contribution in [2.75, 3.05) is 119 Å². The number of hydrogen-bond donors (Lipinski definition) is 12. The van der Waals surface area contributed by atoms with Crippen LogP contribution in [0.25, 0.3) is 43.1 Å². The summed E-state index contributed by atoms with van der Waals surface area (Å²) in [6.07, 6.45) is -19.2. The van der Waals surface area contributed by atoms with Gasteiger partial charge in [0.25, 0.3) is 0 Å². The minimum atomic E-state index is -5.08. The smallest absolute Gasteiger partial charge is 0.381 e. The van der Waals surface area contributed by atoms with E-state index >= 15 is 0 Å². The molecule has 12 rings (SSSR count). The number of benzene rings is 8. The number of amides is 8. The number of hydrogen-bond acceptors (Lipinski definition) is 18. The first-order valence-electron chi connectivity index (χ1n) is 35.5. The van der Waals surface area contributed by atoms with E-state index in [2.05, 4.69) is 82.4 Å². The number of nitrogens with zero attached hydrogens (tertiary/aromatic N) is 10. The maximum atomic E-state index is 14.4. The van der Waals surface area contributed by atoms with Crippen molar-refractivity contribution < 1.29 is 89.4 Å². The Morgan fingerprint density at radius 1 is 0.308 bits per heavy atom. The summed E-state index contributed by atoms with van der Waals surface area (Å²) in [7, 11) is 7.35. The van der Waals surface area contributed by atoms with Crippen molar-refractivity contribution in [3.63, 3.8) is 0 Å². The second-order valence-corrected chi connectivity index (χ2v) is 27.0. The Hall–Kier alpha value is -13.8. The quantitative estimate of drug-likeness (QED) is 0.0280. The van der Waals surface area contributed by atoms with Crippen molar-refractivity contribution in [2.24, 2.45) is 0 Å². The first-order valence-corrected chi connectivity index (χ1v) is 35.5. The fraction of sp³-hybridized carbons (Fsp3) is 0.231. The lowest BCUT2D eigenvalue weighted by atomic mass is 10.1. The third kappa shape index (κ3) is 25.6. The molecule has 0 aliphatic heterocycles. The lowest BCUT2D eigenvalue weighted by molar-refractivity contribution is -0.144. The van der Waals surface area contributed by atoms with Gasteiger partial charge in [-0.15, -0.1) is 0 Å². The molecule has 0 saturated heterocycles. The number of halogens is 16. The summed E-state index contributed by atoms with van der Waals surface area (Å²) in [4.78, 5) is 78.9. The number of carbonyl (C=O) groups is 4. The van der Waals surface area contributed by atoms with Crippen molar-refractivity contribution >= 4 is 137 Å². The molecule has 0 bridgehead atoms. The number of alkyl halides is 12. The Morgan fingerprint density at radius 2 is 0.542 bits per heavy atom. The van der Waals surface area contributed by atoms with Crippen LogP contribution in [0.2, 0.25) is 0 Å². The molecule has 0 aliphatic carbocycles. The summed E-state index contributed by atoms with van der Waals surface area (Å²) in [5.41, 5.74) is 8.88. The van der Waals surface area contributed by atoms with Crippen LogP contribution >= 0.6 is 0 Å². The Balaban J connectivity index is 0.000000183. The van der Waals surface area contributed by atoms with E-state index < -0.39 is 142 Å². The topological polar surface area (TPSA) is 350 Å². The van der Waals surface area contributed by atoms with Gasteiger partial charge in [-0.2, -0.15) is 72.6 Å². The van der Waals surface area contributed by atoms with E-state index in [9.17, 15) is 89.4 Å². The summed E-state index contributed by atoms with van der Waals surface area (Å²) < 4.78 is 212. The lowest BCUT2D eigenvalue weighted by Crippen LogP contribution is -2.24. The van der Waals surface area contributed by atoms with E-state index in [1.54, 1.807) is 66.7 Å². The van der Waals surface area contributed by atoms with Gasteiger partial charge < -0.3 is 53.2 Å². The standard InChI is InChI=1S/2C22H24F4N6O.2C17H13F4N5O/c1-13-5-6-15-12-16(8-7-14(15)11-13)28-21(33)31-20-29-18(22(24,25)26)17(23)19(30-20)27-9-4-10-32(2)3;1-13-5-6-14-7-8-16(12-15(14)11-13)28-21(33)31-20-29-18(22(24,25)26)17(23)19(30-20)27-9-4-10-32(2)3;1-8-2-3-10-7-11(5-4-9(10)6-8)23-16(27)26-15-24-13(17(19,20)21)12(18)14(22)25-15;1-8-2-3-9-4-5-11(7-10(9)6-8)23-16(27)26-15-24-13(17(19,20)21)12(18)14(22)25-15/h2*5-8,11-12H,4,9-10H2,1-3H3,(H3,27,28,29,30,31,33);2*2-7H,1H3,(H4,22,23,24,25,26,27). The molecule has 0 radical (unpaired) electrons. The van der Waals surface area contributed by atoms with E-state index in [1.165, 1.54) is 0 Å². The highest BCUT2D eigenvalue weighted by molar-refractivity contribution is 6.03. The third-order valence-electron chi connectivity index (χ3n) is 16.6. The van der Waals surface area contributed by atoms with Crippen LogP contribution < -0.4 is 64.6 Å². The minimum absolute atomic E-state index is 0.186. The predicted molar refractivity (Wildman–Crippen MR) is 425 cm³/mol. The molecule has 42 heteroatoms. The van der Waals surface area contributed by atoms with Gasteiger partial charge in [0.2, 0.25) is 23.8 Å². The average molecular weight is 1690 g/mol. The third-order valence-corrected chi connectivity index (χ3v) is 16.6. The van der Waals surface area contributed by atoms with Crippen LogP contribution in [-0.2, 0) is 24.7 Å². The van der Waals surface area contributed by atoms with Gasteiger partial charge in [0.1, 0.15) is 0 Å². The van der Waals surface area contributed by atoms with Crippen LogP contribution in [0.15, 0.2) is 146 Å². The highest BCUT2D eigenvalue weighted by Gasteiger charge is 2.42. The largest absolute Gasteiger partial charge is 0.436 e. The molecule has 632 valence electrons. The van der Waals surface area contributed by atoms with Gasteiger partial charge >= 0.3 is 48.8 Å². The first-order chi connectivity index (χ1) is 56.3. The second-order valence-electron chi connectivity index (χ2n) is 27.0. The van der Waals surface area contributed by atoms with Crippen molar-refractivity contribution in [3.05, 3.63) is 214 Å². The van der Waals surface area contributed by atoms with Crippen LogP contribution in [0.4, 0.5) is 159 Å². The van der Waals surface area contributed by atoms with Crippen molar-refractivity contribution in [1.29, 1.82) is 0 Å². The molecule has 0 aliphatic rings. The van der Waals surface area contributed by atoms with Gasteiger partial charge in [-0.25, -0.2) is 56.7 Å². The van der Waals surface area contributed by atoms with Gasteiger partial charge in [-0.05, 0) is 173 Å². The number of nitrogen functional groups attached to an aromatic ring is 2. The molecule has 4 heterocycles. The predicted octanol–water partition coefficient (Wildman–Crippen LogP) is 18.9. The fourth-order valence-corrected chi connectivity index (χ4v) is 11.1. The molecule has 8 amide bonds. The van der Waals surface area contributed by atoms with Crippen molar-refractivity contribution in [1.82, 2.24) is 49.7 Å². The highest BCUT2D eigenvalue weighted by Crippen LogP contribution is 2.37. The molecular formula is C78H74F16N22O4. The van der Waals surface area contributed by atoms with E-state index in [0.717, 1.165) is 65.3 Å². The van der Waals surface area contributed by atoms with Gasteiger partial charge in [0, 0.05) is 35.8 Å². The Bertz CT molecular complexity index is 5760. The number of aryl methyl sites for hydroxylation is 4. The number of anilines is 12. The van der Waals surface area contributed by atoms with Gasteiger partial charge in [-0.1, -0.05) is 119 Å². The van der Waals surface area contributed by atoms with Crippen LogP contribution in [0.1, 0.15) is 57.9 Å². The molecular weight excluding hydrogens is 1610 g/mol. The zero-order chi connectivity index (χ0) is 87.9. The summed E-state index contributed by atoms with van der Waals surface area (Å²) in [5.74, 6) is -13.0. The van der Waals surface area contributed by atoms with E-state index in [4.69, 9.17) is 11.5 Å². The molecule has 0 saturated carbocycles. The maximum Gasteiger partial charge on any atom is 0.436 e. The molecule has 14 N–H and O–H groups in total. The monoisotopic (exact) mass is 1690 g/mol. The summed E-state index contributed by atoms with van der Waals surface area (Å²) in [6, 6.07) is 40.2. The maximum absolute atomic E-state index is 14.4. The molecule has 4 aromatic heterocycles. The lowest BCUT2D eigenvalue weighted by Gasteiger charge is -2.15. The van der Waals surface area contributed by atoms with E-state index in [0.29, 0.717) is 48.7 Å². The highest BCUT2D eigenvalue weighted by atomic mass is 19.4. The SMILES string of the molecule is Cc1ccc2cc(NC(=O)Nc3nc(N)c(F)c(C(F)(F)F)n3)ccc2c1.Cc1ccc2cc(NC(=O)Nc3nc(NCCCN(C)C)c(F)c(C(F)(F)F)n3)ccc2c1.Cc1ccc2ccc(NC(=O)Nc3nc(N)c(F)c(C(F)(F)F)n3)cc2c1.Cc1ccc2ccc(NC(=O)Nc3nc(NCCCN(C)C)c(F)c(C(F)(F)F)n3)cc2c1. The second kappa shape index (κ2) is 38.5. The van der Waals surface area contributed by atoms with E-state index in [-0.39, 0.29) is 13.1 Å². The summed E-state index contributed by atoms with van der Waals surface area (Å²) in [6.45, 7) is 9.42. The molecule has 26 nitrogen and oxygen atoms in total. The van der Waals surface area contributed by atoms with Crippen LogP contribution in [0.5, 0.6) is 0 Å². The van der Waals surface area contributed by atoms with Gasteiger partial charge in [-0.3, -0.25) is 21.3 Å². The minimum Gasteiger partial charge on any atom is -0.381 e. The Kier molecular flexibility index (Phi) is 28.9. The van der Waals surface area contributed by atoms with E-state index in [1.807, 2.05) is 155 Å². The zero-order valence-corrected chi connectivity index (χ0v) is 64.4. The zero-order valence-electron chi connectivity index (χ0n) is 64.4. The number of carbonyl (C=O) groups excluding carboxylic acids is 4. The molecule has 12 aromatic rings. The van der Waals surface area contributed by atoms with Crippen LogP contribution in [0.3, 0.4) is 0 Å². The number of aromatic nitrogens is 8. The summed E-state index contributed by atoms with van der Waals surface area (Å²) in [5, 5.41) is 30.7. The fourth-order valence-electron chi connectivity index (χ4n) is 11.1. The number of nitrogens with one attached hydrogen (secondary N) is 10. The molecule has 8 aromatic carbocycles. The van der Waals surface area contributed by atoms with Gasteiger partial charge in [0.15, 0.2) is 69.3 Å². The molecule has 120 heavy (non-hydrogen) atoms. The number of urea groups is 4. The first kappa shape index (κ1) is 90.1. The van der Waals surface area contributed by atoms with Crippen molar-refractivity contribution in [3.8, 4) is 0 Å². The van der Waals surface area contributed by atoms with Crippen molar-refractivity contribution in [2.45, 2.75) is 65.2 Å². The van der Waals surface area contributed by atoms with Crippen LogP contribution in [-0.4, -0.2) is 128 Å². The normalized spacial score (nSPS) is 11.6. The number of nitrogens with two attached hydrogens (primary N) is 2. The van der Waals surface area contributed by atoms with Crippen LogP contribution in [0, 0.1) is 51.0 Å². The average Bonchev–Trinajstić information content (AvgIpc) is 0.792. The Labute approximate surface area is 671 Å². The molecule has 0 unspecified atom stereocenters.